The first-order chi connectivity index (χ1) is 17.4. The van der Waals surface area contributed by atoms with E-state index in [1.807, 2.05) is 13.0 Å². The van der Waals surface area contributed by atoms with Gasteiger partial charge in [0, 0.05) is 35.6 Å². The number of carbonyl (C=O) groups is 1. The van der Waals surface area contributed by atoms with Crippen LogP contribution >= 0.6 is 0 Å². The molecule has 1 N–H and O–H groups in total. The topological polar surface area (TPSA) is 67.8 Å². The van der Waals surface area contributed by atoms with Gasteiger partial charge in [0.05, 0.1) is 22.5 Å². The van der Waals surface area contributed by atoms with E-state index < -0.39 is 35.1 Å². The van der Waals surface area contributed by atoms with Crippen molar-refractivity contribution in [3.05, 3.63) is 107 Å². The Labute approximate surface area is 207 Å². The fourth-order valence-corrected chi connectivity index (χ4v) is 3.68. The van der Waals surface area contributed by atoms with Gasteiger partial charge in [-0.2, -0.15) is 26.3 Å². The molecule has 0 unspecified atom stereocenters. The zero-order valence-corrected chi connectivity index (χ0v) is 19.2. The Hall–Kier alpha value is -4.28. The highest BCUT2D eigenvalue weighted by atomic mass is 19.4. The van der Waals surface area contributed by atoms with Crippen LogP contribution in [0.4, 0.5) is 32.0 Å². The molecule has 4 rings (SSSR count). The summed E-state index contributed by atoms with van der Waals surface area (Å²) in [5.74, 6) is -0.856. The van der Waals surface area contributed by atoms with Gasteiger partial charge in [-0.05, 0) is 66.6 Å². The highest BCUT2D eigenvalue weighted by molar-refractivity contribution is 6.04. The number of hydrogen-bond acceptors (Lipinski definition) is 4. The number of nitrogens with zero attached hydrogens (tertiary/aromatic N) is 3. The number of alkyl halides is 6. The molecule has 11 heteroatoms. The summed E-state index contributed by atoms with van der Waals surface area (Å²) in [6.07, 6.45) is -5.15. The second-order valence-corrected chi connectivity index (χ2v) is 8.16. The predicted molar refractivity (Wildman–Crippen MR) is 124 cm³/mol. The molecule has 0 aliphatic carbocycles. The maximum absolute atomic E-state index is 13.2. The Kier molecular flexibility index (Phi) is 6.97. The van der Waals surface area contributed by atoms with Gasteiger partial charge in [0.2, 0.25) is 0 Å². The number of aromatic nitrogens is 3. The first-order valence-corrected chi connectivity index (χ1v) is 10.8. The van der Waals surface area contributed by atoms with Crippen LogP contribution in [0.25, 0.3) is 11.3 Å². The summed E-state index contributed by atoms with van der Waals surface area (Å²) in [6.45, 7) is 1.81. The SMILES string of the molecule is Cc1ccc(C(=O)Nc2cc(C(F)(F)F)cc(C(F)(F)F)c2)cc1Cc1ncccc1-c1ccncn1. The van der Waals surface area contributed by atoms with E-state index in [1.54, 1.807) is 30.6 Å². The smallest absolute Gasteiger partial charge is 0.322 e. The van der Waals surface area contributed by atoms with E-state index in [4.69, 9.17) is 0 Å². The van der Waals surface area contributed by atoms with E-state index in [1.165, 1.54) is 18.5 Å². The highest BCUT2D eigenvalue weighted by Gasteiger charge is 2.37. The molecule has 0 aliphatic heterocycles. The van der Waals surface area contributed by atoms with Crippen LogP contribution < -0.4 is 5.32 Å². The fourth-order valence-electron chi connectivity index (χ4n) is 3.68. The van der Waals surface area contributed by atoms with Crippen LogP contribution in [-0.4, -0.2) is 20.9 Å². The highest BCUT2D eigenvalue weighted by Crippen LogP contribution is 2.37. The van der Waals surface area contributed by atoms with E-state index in [0.717, 1.165) is 11.1 Å². The largest absolute Gasteiger partial charge is 0.416 e. The van der Waals surface area contributed by atoms with Crippen molar-refractivity contribution in [3.8, 4) is 11.3 Å². The Morgan fingerprint density at radius 2 is 1.57 bits per heavy atom. The molecule has 0 radical (unpaired) electrons. The third kappa shape index (κ3) is 6.11. The van der Waals surface area contributed by atoms with E-state index in [0.29, 0.717) is 35.5 Å². The molecule has 0 saturated carbocycles. The summed E-state index contributed by atoms with van der Waals surface area (Å²) in [4.78, 5) is 25.4. The molecule has 0 aliphatic rings. The monoisotopic (exact) mass is 516 g/mol. The van der Waals surface area contributed by atoms with Crippen molar-refractivity contribution in [1.82, 2.24) is 15.0 Å². The van der Waals surface area contributed by atoms with E-state index in [2.05, 4.69) is 20.3 Å². The third-order valence-corrected chi connectivity index (χ3v) is 5.56. The van der Waals surface area contributed by atoms with Crippen LogP contribution in [0.2, 0.25) is 0 Å². The minimum atomic E-state index is -5.03. The molecule has 37 heavy (non-hydrogen) atoms. The van der Waals surface area contributed by atoms with E-state index in [9.17, 15) is 31.1 Å². The summed E-state index contributed by atoms with van der Waals surface area (Å²) in [5.41, 5.74) is -0.0247. The number of benzene rings is 2. The van der Waals surface area contributed by atoms with Crippen LogP contribution in [0.1, 0.15) is 38.3 Å². The second kappa shape index (κ2) is 10.00. The first-order valence-electron chi connectivity index (χ1n) is 10.8. The summed E-state index contributed by atoms with van der Waals surface area (Å²) >= 11 is 0. The number of carbonyl (C=O) groups excluding carboxylic acids is 1. The lowest BCUT2D eigenvalue weighted by Gasteiger charge is -2.15. The predicted octanol–water partition coefficient (Wildman–Crippen LogP) is 6.73. The Morgan fingerprint density at radius 1 is 0.865 bits per heavy atom. The van der Waals surface area contributed by atoms with Crippen molar-refractivity contribution >= 4 is 11.6 Å². The van der Waals surface area contributed by atoms with Crippen molar-refractivity contribution in [2.24, 2.45) is 0 Å². The number of anilines is 1. The number of rotatable bonds is 5. The molecule has 0 fully saturated rings. The second-order valence-electron chi connectivity index (χ2n) is 8.16. The van der Waals surface area contributed by atoms with Gasteiger partial charge >= 0.3 is 12.4 Å². The lowest BCUT2D eigenvalue weighted by Crippen LogP contribution is -2.16. The van der Waals surface area contributed by atoms with E-state index in [-0.39, 0.29) is 11.6 Å². The first kappa shape index (κ1) is 25.8. The van der Waals surface area contributed by atoms with Gasteiger partial charge in [-0.15, -0.1) is 0 Å². The molecule has 2 heterocycles. The minimum Gasteiger partial charge on any atom is -0.322 e. The molecule has 5 nitrogen and oxygen atoms in total. The quantitative estimate of drug-likeness (QED) is 0.299. The summed E-state index contributed by atoms with van der Waals surface area (Å²) in [7, 11) is 0. The van der Waals surface area contributed by atoms with Crippen LogP contribution in [0.15, 0.2) is 73.3 Å². The lowest BCUT2D eigenvalue weighted by molar-refractivity contribution is -0.143. The van der Waals surface area contributed by atoms with Crippen LogP contribution in [0.3, 0.4) is 0 Å². The molecule has 0 spiro atoms. The van der Waals surface area contributed by atoms with E-state index >= 15 is 0 Å². The minimum absolute atomic E-state index is 0.00173. The summed E-state index contributed by atoms with van der Waals surface area (Å²) in [6, 6.07) is 10.9. The molecule has 0 bridgehead atoms. The Balaban J connectivity index is 1.64. The van der Waals surface area contributed by atoms with Gasteiger partial charge in [-0.3, -0.25) is 9.78 Å². The van der Waals surface area contributed by atoms with Crippen LogP contribution in [0, 0.1) is 6.92 Å². The maximum atomic E-state index is 13.2. The zero-order valence-electron chi connectivity index (χ0n) is 19.2. The number of nitrogens with one attached hydrogen (secondary N) is 1. The number of pyridine rings is 1. The normalized spacial score (nSPS) is 11.9. The van der Waals surface area contributed by atoms with Crippen LogP contribution in [0.5, 0.6) is 0 Å². The van der Waals surface area contributed by atoms with Gasteiger partial charge in [-0.25, -0.2) is 9.97 Å². The Bertz CT molecular complexity index is 1400. The van der Waals surface area contributed by atoms with Gasteiger partial charge in [0.25, 0.3) is 5.91 Å². The standard InChI is InChI=1S/C26H18F6N4O/c1-15-4-5-16(9-17(15)10-23-21(3-2-7-34-23)22-6-8-33-14-35-22)24(37)36-20-12-18(25(27,28)29)11-19(13-20)26(30,31)32/h2-9,11-14H,10H2,1H3,(H,36,37). The van der Waals surface area contributed by atoms with Crippen molar-refractivity contribution in [2.45, 2.75) is 25.7 Å². The van der Waals surface area contributed by atoms with Gasteiger partial charge < -0.3 is 5.32 Å². The van der Waals surface area contributed by atoms with Crippen LogP contribution in [-0.2, 0) is 18.8 Å². The molecule has 2 aromatic heterocycles. The van der Waals surface area contributed by atoms with Crippen molar-refractivity contribution in [2.75, 3.05) is 5.32 Å². The average molecular weight is 516 g/mol. The lowest BCUT2D eigenvalue weighted by atomic mass is 9.97. The maximum Gasteiger partial charge on any atom is 0.416 e. The molecule has 0 saturated heterocycles. The van der Waals surface area contributed by atoms with Crippen molar-refractivity contribution < 1.29 is 31.1 Å². The molecule has 190 valence electrons. The molecule has 0 atom stereocenters. The number of halogens is 6. The average Bonchev–Trinajstić information content (AvgIpc) is 2.85. The van der Waals surface area contributed by atoms with Gasteiger partial charge in [0.1, 0.15) is 6.33 Å². The molecule has 4 aromatic rings. The molecule has 2 aromatic carbocycles. The zero-order chi connectivity index (χ0) is 26.8. The number of hydrogen-bond donors (Lipinski definition) is 1. The van der Waals surface area contributed by atoms with Crippen molar-refractivity contribution in [1.29, 1.82) is 0 Å². The fraction of sp³-hybridized carbons (Fsp3) is 0.154. The molecule has 1 amide bonds. The number of amides is 1. The van der Waals surface area contributed by atoms with Gasteiger partial charge in [0.15, 0.2) is 0 Å². The molecular formula is C26H18F6N4O. The van der Waals surface area contributed by atoms with Gasteiger partial charge in [-0.1, -0.05) is 6.07 Å². The summed E-state index contributed by atoms with van der Waals surface area (Å²) < 4.78 is 79.0. The number of aryl methyl sites for hydroxylation is 1. The summed E-state index contributed by atoms with van der Waals surface area (Å²) in [5, 5.41) is 2.16. The third-order valence-electron chi connectivity index (χ3n) is 5.56. The Morgan fingerprint density at radius 3 is 2.19 bits per heavy atom. The molecular weight excluding hydrogens is 498 g/mol. The van der Waals surface area contributed by atoms with Crippen molar-refractivity contribution in [3.63, 3.8) is 0 Å².